The number of amides is 2. The van der Waals surface area contributed by atoms with E-state index in [0.717, 1.165) is 13.1 Å². The molecule has 0 saturated carbocycles. The van der Waals surface area contributed by atoms with Gasteiger partial charge in [0.05, 0.1) is 22.4 Å². The minimum atomic E-state index is -3.82. The first-order valence-electron chi connectivity index (χ1n) is 12.5. The highest BCUT2D eigenvalue weighted by Crippen LogP contribution is 2.31. The van der Waals surface area contributed by atoms with Crippen molar-refractivity contribution in [2.24, 2.45) is 5.92 Å². The lowest BCUT2D eigenvalue weighted by atomic mass is 9.98. The molecule has 0 bridgehead atoms. The Balaban J connectivity index is 1.37. The molecule has 11 heteroatoms. The van der Waals surface area contributed by atoms with Gasteiger partial charge in [-0.25, -0.2) is 8.42 Å². The maximum atomic E-state index is 13.2. The molecule has 2 fully saturated rings. The summed E-state index contributed by atoms with van der Waals surface area (Å²) in [5, 5.41) is 3.10. The van der Waals surface area contributed by atoms with Crippen LogP contribution in [0, 0.1) is 5.92 Å². The van der Waals surface area contributed by atoms with Crippen molar-refractivity contribution in [2.45, 2.75) is 24.7 Å². The van der Waals surface area contributed by atoms with Gasteiger partial charge in [-0.15, -0.1) is 0 Å². The highest BCUT2D eigenvalue weighted by atomic mass is 35.5. The highest BCUT2D eigenvalue weighted by molar-refractivity contribution is 7.89. The van der Waals surface area contributed by atoms with Crippen molar-refractivity contribution in [3.8, 4) is 5.75 Å². The summed E-state index contributed by atoms with van der Waals surface area (Å²) < 4.78 is 33.2. The zero-order chi connectivity index (χ0) is 26.6. The predicted molar refractivity (Wildman–Crippen MR) is 143 cm³/mol. The van der Waals surface area contributed by atoms with E-state index in [0.29, 0.717) is 56.1 Å². The van der Waals surface area contributed by atoms with Gasteiger partial charge in [0.1, 0.15) is 5.75 Å². The molecule has 2 heterocycles. The Labute approximate surface area is 223 Å². The molecular weight excluding hydrogens is 516 g/mol. The van der Waals surface area contributed by atoms with Gasteiger partial charge < -0.3 is 19.9 Å². The molecular formula is C26H33ClN4O5S. The third kappa shape index (κ3) is 6.43. The number of hydrogen-bond acceptors (Lipinski definition) is 6. The van der Waals surface area contributed by atoms with Gasteiger partial charge in [0.15, 0.2) is 0 Å². The fourth-order valence-corrected chi connectivity index (χ4v) is 6.42. The molecule has 9 nitrogen and oxygen atoms in total. The average Bonchev–Trinajstić information content (AvgIpc) is 2.90. The van der Waals surface area contributed by atoms with Crippen LogP contribution in [0.2, 0.25) is 5.02 Å². The number of piperazine rings is 1. The third-order valence-corrected chi connectivity index (χ3v) is 8.94. The van der Waals surface area contributed by atoms with E-state index in [1.165, 1.54) is 16.4 Å². The number of piperidine rings is 1. The first-order chi connectivity index (χ1) is 17.7. The highest BCUT2D eigenvalue weighted by Gasteiger charge is 2.33. The van der Waals surface area contributed by atoms with Crippen LogP contribution in [0.5, 0.6) is 5.75 Å². The Morgan fingerprint density at radius 1 is 1.05 bits per heavy atom. The molecule has 2 amide bonds. The number of anilines is 1. The van der Waals surface area contributed by atoms with Crippen molar-refractivity contribution in [2.75, 3.05) is 58.2 Å². The normalized spacial score (nSPS) is 19.4. The van der Waals surface area contributed by atoms with Crippen LogP contribution in [0.3, 0.4) is 0 Å². The number of carbonyl (C=O) groups excluding carboxylic acids is 2. The SMILES string of the molecule is CCOc1ccc(S(=O)(=O)N2CCCC(C(=O)Nc3ccc(C(=O)N4CCN(C)CC4)cc3)C2)cc1Cl. The summed E-state index contributed by atoms with van der Waals surface area (Å²) in [5.41, 5.74) is 1.14. The lowest BCUT2D eigenvalue weighted by Gasteiger charge is -2.32. The molecule has 37 heavy (non-hydrogen) atoms. The fourth-order valence-electron chi connectivity index (χ4n) is 4.57. The second-order valence-electron chi connectivity index (χ2n) is 9.39. The van der Waals surface area contributed by atoms with E-state index < -0.39 is 15.9 Å². The van der Waals surface area contributed by atoms with Gasteiger partial charge in [0, 0.05) is 50.5 Å². The van der Waals surface area contributed by atoms with Crippen LogP contribution >= 0.6 is 11.6 Å². The molecule has 200 valence electrons. The molecule has 0 spiro atoms. The van der Waals surface area contributed by atoms with Crippen molar-refractivity contribution in [3.05, 3.63) is 53.1 Å². The number of benzene rings is 2. The summed E-state index contributed by atoms with van der Waals surface area (Å²) in [4.78, 5) is 29.8. The number of carbonyl (C=O) groups is 2. The molecule has 0 aromatic heterocycles. The molecule has 4 rings (SSSR count). The van der Waals surface area contributed by atoms with Gasteiger partial charge in [-0.05, 0) is 69.3 Å². The molecule has 0 radical (unpaired) electrons. The number of rotatable bonds is 7. The molecule has 2 aromatic rings. The molecule has 2 aliphatic rings. The van der Waals surface area contributed by atoms with Gasteiger partial charge in [-0.1, -0.05) is 11.6 Å². The molecule has 1 unspecified atom stereocenters. The van der Waals surface area contributed by atoms with E-state index in [1.807, 2.05) is 18.9 Å². The summed E-state index contributed by atoms with van der Waals surface area (Å²) in [6.07, 6.45) is 1.16. The number of nitrogens with one attached hydrogen (secondary N) is 1. The first-order valence-corrected chi connectivity index (χ1v) is 14.3. The van der Waals surface area contributed by atoms with Crippen LogP contribution in [0.15, 0.2) is 47.4 Å². The zero-order valence-corrected chi connectivity index (χ0v) is 22.7. The van der Waals surface area contributed by atoms with Crippen LogP contribution in [-0.2, 0) is 14.8 Å². The zero-order valence-electron chi connectivity index (χ0n) is 21.2. The standard InChI is InChI=1S/C26H33ClN4O5S/c1-3-36-24-11-10-22(17-23(24)27)37(34,35)31-12-4-5-20(18-31)25(32)28-21-8-6-19(7-9-21)26(33)30-15-13-29(2)14-16-30/h6-11,17,20H,3-5,12-16,18H2,1-2H3,(H,28,32). The smallest absolute Gasteiger partial charge is 0.253 e. The van der Waals surface area contributed by atoms with Gasteiger partial charge in [0.25, 0.3) is 5.91 Å². The largest absolute Gasteiger partial charge is 0.492 e. The van der Waals surface area contributed by atoms with Gasteiger partial charge in [-0.2, -0.15) is 4.31 Å². The van der Waals surface area contributed by atoms with Gasteiger partial charge >= 0.3 is 0 Å². The molecule has 2 saturated heterocycles. The molecule has 2 aliphatic heterocycles. The van der Waals surface area contributed by atoms with Gasteiger partial charge in [0.2, 0.25) is 15.9 Å². The quantitative estimate of drug-likeness (QED) is 0.570. The Hall–Kier alpha value is -2.66. The van der Waals surface area contributed by atoms with E-state index >= 15 is 0 Å². The Morgan fingerprint density at radius 2 is 1.76 bits per heavy atom. The molecule has 0 aliphatic carbocycles. The fraction of sp³-hybridized carbons (Fsp3) is 0.462. The van der Waals surface area contributed by atoms with Crippen LogP contribution in [0.25, 0.3) is 0 Å². The van der Waals surface area contributed by atoms with E-state index in [9.17, 15) is 18.0 Å². The average molecular weight is 549 g/mol. The monoisotopic (exact) mass is 548 g/mol. The van der Waals surface area contributed by atoms with Crippen molar-refractivity contribution in [1.82, 2.24) is 14.1 Å². The topological polar surface area (TPSA) is 99.3 Å². The molecule has 2 aromatic carbocycles. The van der Waals surface area contributed by atoms with Gasteiger partial charge in [-0.3, -0.25) is 9.59 Å². The molecule has 1 atom stereocenters. The Morgan fingerprint density at radius 3 is 2.41 bits per heavy atom. The van der Waals surface area contributed by atoms with Crippen molar-refractivity contribution >= 4 is 39.1 Å². The number of hydrogen-bond donors (Lipinski definition) is 1. The third-order valence-electron chi connectivity index (χ3n) is 6.79. The van der Waals surface area contributed by atoms with Crippen LogP contribution in [-0.4, -0.2) is 87.3 Å². The number of nitrogens with zero attached hydrogens (tertiary/aromatic N) is 3. The minimum absolute atomic E-state index is 0.0199. The van der Waals surface area contributed by atoms with Crippen molar-refractivity contribution in [3.63, 3.8) is 0 Å². The second-order valence-corrected chi connectivity index (χ2v) is 11.7. The number of sulfonamides is 1. The summed E-state index contributed by atoms with van der Waals surface area (Å²) in [6.45, 7) is 5.74. The van der Waals surface area contributed by atoms with Crippen LogP contribution < -0.4 is 10.1 Å². The Bertz CT molecular complexity index is 1230. The minimum Gasteiger partial charge on any atom is -0.492 e. The predicted octanol–water partition coefficient (Wildman–Crippen LogP) is 3.17. The lowest BCUT2D eigenvalue weighted by molar-refractivity contribution is -0.120. The number of ether oxygens (including phenoxy) is 1. The Kier molecular flexibility index (Phi) is 8.74. The maximum Gasteiger partial charge on any atom is 0.253 e. The van der Waals surface area contributed by atoms with Crippen LogP contribution in [0.4, 0.5) is 5.69 Å². The van der Waals surface area contributed by atoms with E-state index in [4.69, 9.17) is 16.3 Å². The summed E-state index contributed by atoms with van der Waals surface area (Å²) in [5.74, 6) is -0.333. The van der Waals surface area contributed by atoms with Crippen molar-refractivity contribution in [1.29, 1.82) is 0 Å². The second kappa shape index (κ2) is 11.8. The van der Waals surface area contributed by atoms with Crippen LogP contribution in [0.1, 0.15) is 30.1 Å². The number of likely N-dealkylation sites (N-methyl/N-ethyl adjacent to an activating group) is 1. The van der Waals surface area contributed by atoms with E-state index in [2.05, 4.69) is 10.2 Å². The first kappa shape index (κ1) is 27.4. The van der Waals surface area contributed by atoms with E-state index in [1.54, 1.807) is 30.3 Å². The lowest BCUT2D eigenvalue weighted by Crippen LogP contribution is -2.47. The summed E-state index contributed by atoms with van der Waals surface area (Å²) in [6, 6.07) is 11.2. The maximum absolute atomic E-state index is 13.2. The molecule has 1 N–H and O–H groups in total. The van der Waals surface area contributed by atoms with E-state index in [-0.39, 0.29) is 28.3 Å². The number of halogens is 1. The van der Waals surface area contributed by atoms with Crippen molar-refractivity contribution < 1.29 is 22.7 Å². The summed E-state index contributed by atoms with van der Waals surface area (Å²) in [7, 11) is -1.78. The summed E-state index contributed by atoms with van der Waals surface area (Å²) >= 11 is 6.21.